The number of nitrogens with two attached hydrogens (primary N) is 1. The lowest BCUT2D eigenvalue weighted by Crippen LogP contribution is -2.06. The van der Waals surface area contributed by atoms with Crippen LogP contribution in [0.1, 0.15) is 25.5 Å². The predicted octanol–water partition coefficient (Wildman–Crippen LogP) is 1.59. The molecule has 1 aromatic heterocycles. The number of hydrogen-bond acceptors (Lipinski definition) is 3. The second-order valence-corrected chi connectivity index (χ2v) is 4.46. The molecule has 0 unspecified atom stereocenters. The van der Waals surface area contributed by atoms with Crippen LogP contribution in [-0.2, 0) is 0 Å². The summed E-state index contributed by atoms with van der Waals surface area (Å²) in [6.07, 6.45) is 0. The second kappa shape index (κ2) is 2.05. The molecule has 3 heteroatoms. The summed E-state index contributed by atoms with van der Waals surface area (Å²) < 4.78 is 0. The molecule has 0 radical (unpaired) electrons. The van der Waals surface area contributed by atoms with Gasteiger partial charge in [0.1, 0.15) is 0 Å². The van der Waals surface area contributed by atoms with Crippen molar-refractivity contribution in [1.29, 1.82) is 0 Å². The number of nitrogens with zero attached hydrogens (tertiary/aromatic N) is 1. The highest BCUT2D eigenvalue weighted by atomic mass is 32.1. The van der Waals surface area contributed by atoms with Gasteiger partial charge in [0.05, 0.1) is 11.2 Å². The van der Waals surface area contributed by atoms with E-state index in [-0.39, 0.29) is 5.41 Å². The van der Waals surface area contributed by atoms with Crippen LogP contribution in [0, 0.1) is 5.41 Å². The van der Waals surface area contributed by atoms with Crippen molar-refractivity contribution in [3.05, 3.63) is 16.6 Å². The average molecular weight is 168 g/mol. The monoisotopic (exact) mass is 168 g/mol. The number of rotatable bonds is 1. The highest BCUT2D eigenvalue weighted by Gasteiger charge is 2.57. The third kappa shape index (κ3) is 0.914. The quantitative estimate of drug-likeness (QED) is 0.691. The highest BCUT2D eigenvalue weighted by molar-refractivity contribution is 7.07. The molecular weight excluding hydrogens is 156 g/mol. The molecule has 0 bridgehead atoms. The van der Waals surface area contributed by atoms with Gasteiger partial charge >= 0.3 is 0 Å². The summed E-state index contributed by atoms with van der Waals surface area (Å²) in [7, 11) is 0. The lowest BCUT2D eigenvalue weighted by atomic mass is 10.1. The van der Waals surface area contributed by atoms with Crippen LogP contribution in [0.5, 0.6) is 0 Å². The zero-order chi connectivity index (χ0) is 8.06. The van der Waals surface area contributed by atoms with Crippen molar-refractivity contribution < 1.29 is 0 Å². The fourth-order valence-electron chi connectivity index (χ4n) is 1.62. The summed E-state index contributed by atoms with van der Waals surface area (Å²) in [5, 5.41) is 2.10. The maximum Gasteiger partial charge on any atom is 0.0794 e. The number of aromatic nitrogens is 1. The van der Waals surface area contributed by atoms with Gasteiger partial charge in [-0.25, -0.2) is 4.98 Å². The van der Waals surface area contributed by atoms with E-state index in [1.54, 1.807) is 11.3 Å². The fraction of sp³-hybridized carbons (Fsp3) is 0.625. The smallest absolute Gasteiger partial charge is 0.0794 e. The van der Waals surface area contributed by atoms with E-state index < -0.39 is 0 Å². The summed E-state index contributed by atoms with van der Waals surface area (Å²) in [5.41, 5.74) is 9.22. The van der Waals surface area contributed by atoms with E-state index in [1.807, 2.05) is 5.51 Å². The largest absolute Gasteiger partial charge is 0.327 e. The van der Waals surface area contributed by atoms with E-state index in [1.165, 1.54) is 5.69 Å². The fourth-order valence-corrected chi connectivity index (χ4v) is 2.21. The molecule has 1 fully saturated rings. The van der Waals surface area contributed by atoms with Gasteiger partial charge in [0.2, 0.25) is 0 Å². The molecular formula is C8H12N2S. The lowest BCUT2D eigenvalue weighted by Gasteiger charge is -1.96. The van der Waals surface area contributed by atoms with Gasteiger partial charge in [-0.15, -0.1) is 11.3 Å². The normalized spacial score (nSPS) is 33.7. The van der Waals surface area contributed by atoms with Crippen LogP contribution in [0.2, 0.25) is 0 Å². The Kier molecular flexibility index (Phi) is 1.35. The molecule has 1 aliphatic carbocycles. The zero-order valence-corrected chi connectivity index (χ0v) is 7.56. The Labute approximate surface area is 70.5 Å². The maximum atomic E-state index is 5.90. The molecule has 60 valence electrons. The lowest BCUT2D eigenvalue weighted by molar-refractivity contribution is 0.596. The van der Waals surface area contributed by atoms with Gasteiger partial charge in [0, 0.05) is 17.3 Å². The molecule has 0 amide bonds. The maximum absolute atomic E-state index is 5.90. The van der Waals surface area contributed by atoms with Crippen LogP contribution in [0.15, 0.2) is 10.9 Å². The number of hydrogen-bond donors (Lipinski definition) is 1. The van der Waals surface area contributed by atoms with E-state index >= 15 is 0 Å². The standard InChI is InChI=1S/C8H12N2S/c1-8(2)6(7(8)9)5-3-11-4-10-5/h3-4,6-7H,9H2,1-2H3/t6-,7-/m0/s1. The Bertz CT molecular complexity index is 253. The van der Waals surface area contributed by atoms with Crippen molar-refractivity contribution in [1.82, 2.24) is 4.98 Å². The molecule has 1 saturated carbocycles. The van der Waals surface area contributed by atoms with Crippen LogP contribution in [0.4, 0.5) is 0 Å². The minimum absolute atomic E-state index is 0.272. The first-order chi connectivity index (χ1) is 5.14. The van der Waals surface area contributed by atoms with E-state index in [2.05, 4.69) is 24.2 Å². The third-order valence-electron chi connectivity index (χ3n) is 2.68. The van der Waals surface area contributed by atoms with E-state index in [9.17, 15) is 0 Å². The first kappa shape index (κ1) is 7.25. The van der Waals surface area contributed by atoms with Gasteiger partial charge in [0.25, 0.3) is 0 Å². The average Bonchev–Trinajstić information content (AvgIpc) is 2.40. The topological polar surface area (TPSA) is 38.9 Å². The minimum Gasteiger partial charge on any atom is -0.327 e. The van der Waals surface area contributed by atoms with Gasteiger partial charge in [-0.1, -0.05) is 13.8 Å². The van der Waals surface area contributed by atoms with Crippen molar-refractivity contribution in [3.63, 3.8) is 0 Å². The Morgan fingerprint density at radius 1 is 1.64 bits per heavy atom. The van der Waals surface area contributed by atoms with Crippen LogP contribution in [0.25, 0.3) is 0 Å². The SMILES string of the molecule is CC1(C)[C@@H](N)[C@@H]1c1cscn1. The zero-order valence-electron chi connectivity index (χ0n) is 6.74. The van der Waals surface area contributed by atoms with Crippen LogP contribution in [-0.4, -0.2) is 11.0 Å². The van der Waals surface area contributed by atoms with E-state index in [0.29, 0.717) is 12.0 Å². The van der Waals surface area contributed by atoms with Gasteiger partial charge in [-0.05, 0) is 5.41 Å². The summed E-state index contributed by atoms with van der Waals surface area (Å²) in [5.74, 6) is 0.494. The minimum atomic E-state index is 0.272. The van der Waals surface area contributed by atoms with Crippen LogP contribution in [0.3, 0.4) is 0 Å². The molecule has 1 aliphatic rings. The van der Waals surface area contributed by atoms with Crippen molar-refractivity contribution in [2.45, 2.75) is 25.8 Å². The van der Waals surface area contributed by atoms with Crippen LogP contribution < -0.4 is 5.73 Å². The number of thiazole rings is 1. The molecule has 2 nitrogen and oxygen atoms in total. The molecule has 0 spiro atoms. The van der Waals surface area contributed by atoms with Gasteiger partial charge in [-0.2, -0.15) is 0 Å². The van der Waals surface area contributed by atoms with Gasteiger partial charge in [-0.3, -0.25) is 0 Å². The molecule has 2 atom stereocenters. The van der Waals surface area contributed by atoms with Gasteiger partial charge < -0.3 is 5.73 Å². The third-order valence-corrected chi connectivity index (χ3v) is 3.29. The molecule has 2 N–H and O–H groups in total. The van der Waals surface area contributed by atoms with Crippen LogP contribution >= 0.6 is 11.3 Å². The Morgan fingerprint density at radius 2 is 2.27 bits per heavy atom. The predicted molar refractivity (Wildman–Crippen MR) is 46.6 cm³/mol. The first-order valence-electron chi connectivity index (χ1n) is 3.77. The summed E-state index contributed by atoms with van der Waals surface area (Å²) in [6, 6.07) is 0.310. The molecule has 0 aliphatic heterocycles. The summed E-state index contributed by atoms with van der Waals surface area (Å²) in [6.45, 7) is 4.39. The summed E-state index contributed by atoms with van der Waals surface area (Å²) >= 11 is 1.64. The Morgan fingerprint density at radius 3 is 2.64 bits per heavy atom. The summed E-state index contributed by atoms with van der Waals surface area (Å²) in [4.78, 5) is 4.26. The van der Waals surface area contributed by atoms with Crippen molar-refractivity contribution >= 4 is 11.3 Å². The molecule has 0 saturated heterocycles. The van der Waals surface area contributed by atoms with Crippen molar-refractivity contribution in [2.24, 2.45) is 11.1 Å². The molecule has 1 aromatic rings. The molecule has 11 heavy (non-hydrogen) atoms. The first-order valence-corrected chi connectivity index (χ1v) is 4.72. The van der Waals surface area contributed by atoms with Gasteiger partial charge in [0.15, 0.2) is 0 Å². The second-order valence-electron chi connectivity index (χ2n) is 3.74. The molecule has 0 aromatic carbocycles. The van der Waals surface area contributed by atoms with Crippen molar-refractivity contribution in [2.75, 3.05) is 0 Å². The van der Waals surface area contributed by atoms with E-state index in [0.717, 1.165) is 0 Å². The van der Waals surface area contributed by atoms with E-state index in [4.69, 9.17) is 5.73 Å². The molecule has 1 heterocycles. The van der Waals surface area contributed by atoms with Crippen molar-refractivity contribution in [3.8, 4) is 0 Å². The highest BCUT2D eigenvalue weighted by Crippen LogP contribution is 2.56. The molecule has 2 rings (SSSR count). The Hall–Kier alpha value is -0.410. The Balaban J connectivity index is 2.23.